The van der Waals surface area contributed by atoms with E-state index in [0.29, 0.717) is 5.92 Å². The fourth-order valence-corrected chi connectivity index (χ4v) is 2.47. The molecule has 0 rings (SSSR count). The molecule has 130 valence electrons. The second-order valence-corrected chi connectivity index (χ2v) is 6.49. The first-order valence-electron chi connectivity index (χ1n) is 9.74. The number of hydrogen-bond donors (Lipinski definition) is 0. The lowest BCUT2D eigenvalue weighted by atomic mass is 10.0. The van der Waals surface area contributed by atoms with Crippen molar-refractivity contribution in [2.24, 2.45) is 5.92 Å². The fourth-order valence-electron chi connectivity index (χ4n) is 2.47. The van der Waals surface area contributed by atoms with Crippen molar-refractivity contribution in [3.63, 3.8) is 0 Å². The summed E-state index contributed by atoms with van der Waals surface area (Å²) < 4.78 is 5.55. The quantitative estimate of drug-likeness (QED) is 0.164. The molecule has 0 aliphatic rings. The largest absolute Gasteiger partial charge is 0.501 e. The first-order valence-corrected chi connectivity index (χ1v) is 9.74. The molecule has 0 saturated carbocycles. The van der Waals surface area contributed by atoms with Crippen molar-refractivity contribution < 1.29 is 4.74 Å². The first-order chi connectivity index (χ1) is 10.8. The van der Waals surface area contributed by atoms with Gasteiger partial charge in [-0.2, -0.15) is 0 Å². The van der Waals surface area contributed by atoms with E-state index >= 15 is 0 Å². The minimum Gasteiger partial charge on any atom is -0.501 e. The molecule has 0 aliphatic heterocycles. The Morgan fingerprint density at radius 3 is 2.14 bits per heavy atom. The Labute approximate surface area is 140 Å². The van der Waals surface area contributed by atoms with Gasteiger partial charge >= 0.3 is 0 Å². The van der Waals surface area contributed by atoms with Crippen LogP contribution in [-0.4, -0.2) is 6.61 Å². The van der Waals surface area contributed by atoms with E-state index in [2.05, 4.69) is 39.0 Å². The lowest BCUT2D eigenvalue weighted by Gasteiger charge is -2.06. The molecule has 0 saturated heterocycles. The number of allylic oxidation sites excluding steroid dienone is 2. The summed E-state index contributed by atoms with van der Waals surface area (Å²) in [4.78, 5) is 0. The number of unbranched alkanes of at least 4 members (excludes halogenated alkanes) is 8. The Morgan fingerprint density at radius 2 is 1.41 bits per heavy atom. The van der Waals surface area contributed by atoms with Gasteiger partial charge in [-0.15, -0.1) is 0 Å². The van der Waals surface area contributed by atoms with E-state index in [1.165, 1.54) is 70.6 Å². The van der Waals surface area contributed by atoms with Gasteiger partial charge in [-0.05, 0) is 31.3 Å². The highest BCUT2D eigenvalue weighted by molar-refractivity contribution is 4.83. The molecule has 0 bridgehead atoms. The molecular formula is C21H40O. The van der Waals surface area contributed by atoms with Gasteiger partial charge in [0.1, 0.15) is 0 Å². The average Bonchev–Trinajstić information content (AvgIpc) is 2.52. The number of hydrogen-bond acceptors (Lipinski definition) is 1. The van der Waals surface area contributed by atoms with Gasteiger partial charge in [-0.1, -0.05) is 90.7 Å². The van der Waals surface area contributed by atoms with Crippen LogP contribution in [0, 0.1) is 5.92 Å². The maximum atomic E-state index is 5.55. The molecule has 1 unspecified atom stereocenters. The van der Waals surface area contributed by atoms with Crippen LogP contribution in [0.2, 0.25) is 0 Å². The van der Waals surface area contributed by atoms with Crippen molar-refractivity contribution in [3.8, 4) is 0 Å². The van der Waals surface area contributed by atoms with Crippen molar-refractivity contribution in [2.45, 2.75) is 97.8 Å². The monoisotopic (exact) mass is 308 g/mol. The Bertz CT molecular complexity index is 255. The number of rotatable bonds is 16. The maximum Gasteiger partial charge on any atom is 0.0907 e. The molecule has 22 heavy (non-hydrogen) atoms. The first kappa shape index (κ1) is 21.3. The van der Waals surface area contributed by atoms with Crippen LogP contribution < -0.4 is 0 Å². The van der Waals surface area contributed by atoms with E-state index in [0.717, 1.165) is 13.0 Å². The van der Waals surface area contributed by atoms with Crippen LogP contribution in [-0.2, 0) is 4.74 Å². The highest BCUT2D eigenvalue weighted by Gasteiger charge is 1.97. The second kappa shape index (κ2) is 18.3. The topological polar surface area (TPSA) is 9.23 Å². The molecule has 0 aromatic heterocycles. The van der Waals surface area contributed by atoms with Gasteiger partial charge in [0.25, 0.3) is 0 Å². The molecule has 0 aromatic carbocycles. The van der Waals surface area contributed by atoms with Crippen molar-refractivity contribution in [1.82, 2.24) is 0 Å². The Hall–Kier alpha value is -0.720. The lowest BCUT2D eigenvalue weighted by Crippen LogP contribution is -1.91. The average molecular weight is 309 g/mol. The molecule has 0 fully saturated rings. The third-order valence-electron chi connectivity index (χ3n) is 4.06. The van der Waals surface area contributed by atoms with Crippen molar-refractivity contribution >= 4 is 0 Å². The maximum absolute atomic E-state index is 5.55. The zero-order valence-electron chi connectivity index (χ0n) is 15.5. The summed E-state index contributed by atoms with van der Waals surface area (Å²) in [5, 5.41) is 0. The molecule has 0 aliphatic carbocycles. The van der Waals surface area contributed by atoms with Gasteiger partial charge in [0, 0.05) is 0 Å². The van der Waals surface area contributed by atoms with Crippen molar-refractivity contribution in [2.75, 3.05) is 6.61 Å². The zero-order chi connectivity index (χ0) is 16.3. The van der Waals surface area contributed by atoms with Crippen LogP contribution in [0.25, 0.3) is 0 Å². The minimum absolute atomic E-state index is 0.649. The predicted octanol–water partition coefficient (Wildman–Crippen LogP) is 7.43. The van der Waals surface area contributed by atoms with Crippen LogP contribution in [0.4, 0.5) is 0 Å². The van der Waals surface area contributed by atoms with Gasteiger partial charge in [-0.25, -0.2) is 0 Å². The van der Waals surface area contributed by atoms with E-state index in [1.807, 2.05) is 6.26 Å². The SMILES string of the molecule is CCCC/C=C\CCOC=CC(C)CCCCCCCCC. The van der Waals surface area contributed by atoms with Gasteiger partial charge in [0.2, 0.25) is 0 Å². The highest BCUT2D eigenvalue weighted by Crippen LogP contribution is 2.13. The van der Waals surface area contributed by atoms with Crippen molar-refractivity contribution in [1.29, 1.82) is 0 Å². The predicted molar refractivity (Wildman–Crippen MR) is 100 cm³/mol. The Kier molecular flexibility index (Phi) is 17.7. The molecule has 0 radical (unpaired) electrons. The van der Waals surface area contributed by atoms with E-state index in [1.54, 1.807) is 0 Å². The van der Waals surface area contributed by atoms with Gasteiger partial charge in [0.15, 0.2) is 0 Å². The smallest absolute Gasteiger partial charge is 0.0907 e. The molecule has 1 nitrogen and oxygen atoms in total. The molecule has 0 N–H and O–H groups in total. The van der Waals surface area contributed by atoms with Gasteiger partial charge < -0.3 is 4.74 Å². The zero-order valence-corrected chi connectivity index (χ0v) is 15.5. The highest BCUT2D eigenvalue weighted by atomic mass is 16.5. The fraction of sp³-hybridized carbons (Fsp3) is 0.810. The minimum atomic E-state index is 0.649. The van der Waals surface area contributed by atoms with E-state index in [4.69, 9.17) is 4.74 Å². The summed E-state index contributed by atoms with van der Waals surface area (Å²) >= 11 is 0. The van der Waals surface area contributed by atoms with Gasteiger partial charge in [0.05, 0.1) is 12.9 Å². The second-order valence-electron chi connectivity index (χ2n) is 6.49. The number of ether oxygens (including phenoxy) is 1. The lowest BCUT2D eigenvalue weighted by molar-refractivity contribution is 0.253. The summed E-state index contributed by atoms with van der Waals surface area (Å²) in [5.74, 6) is 0.649. The normalized spacial score (nSPS) is 13.2. The van der Waals surface area contributed by atoms with E-state index in [-0.39, 0.29) is 0 Å². The third kappa shape index (κ3) is 17.3. The Morgan fingerprint density at radius 1 is 0.773 bits per heavy atom. The summed E-state index contributed by atoms with van der Waals surface area (Å²) in [6.07, 6.45) is 24.5. The van der Waals surface area contributed by atoms with Crippen LogP contribution in [0.5, 0.6) is 0 Å². The van der Waals surface area contributed by atoms with Crippen LogP contribution in [0.1, 0.15) is 97.8 Å². The molecule has 0 aromatic rings. The van der Waals surface area contributed by atoms with Crippen LogP contribution in [0.3, 0.4) is 0 Å². The van der Waals surface area contributed by atoms with Crippen molar-refractivity contribution in [3.05, 3.63) is 24.5 Å². The molecule has 1 atom stereocenters. The summed E-state index contributed by atoms with van der Waals surface area (Å²) in [7, 11) is 0. The molecule has 0 amide bonds. The molecule has 0 heterocycles. The molecule has 0 spiro atoms. The van der Waals surface area contributed by atoms with Crippen LogP contribution in [0.15, 0.2) is 24.5 Å². The van der Waals surface area contributed by atoms with E-state index in [9.17, 15) is 0 Å². The summed E-state index contributed by atoms with van der Waals surface area (Å²) in [6.45, 7) is 7.61. The van der Waals surface area contributed by atoms with Crippen LogP contribution >= 0.6 is 0 Å². The summed E-state index contributed by atoms with van der Waals surface area (Å²) in [6, 6.07) is 0. The molecular weight excluding hydrogens is 268 g/mol. The third-order valence-corrected chi connectivity index (χ3v) is 4.06. The standard InChI is InChI=1S/C21H40O/c1-4-6-8-10-12-13-15-17-21(3)18-20-22-19-16-14-11-9-7-5-2/h11,14,18,20-21H,4-10,12-13,15-17,19H2,1-3H3/b14-11-,20-18?. The van der Waals surface area contributed by atoms with E-state index < -0.39 is 0 Å². The molecule has 1 heteroatoms. The Balaban J connectivity index is 3.32. The summed E-state index contributed by atoms with van der Waals surface area (Å²) in [5.41, 5.74) is 0. The van der Waals surface area contributed by atoms with Gasteiger partial charge in [-0.3, -0.25) is 0 Å².